The molecule has 0 aromatic heterocycles. The van der Waals surface area contributed by atoms with Crippen molar-refractivity contribution in [1.82, 2.24) is 0 Å². The van der Waals surface area contributed by atoms with E-state index >= 15 is 0 Å². The second kappa shape index (κ2) is 4.04. The zero-order valence-electron chi connectivity index (χ0n) is 9.67. The summed E-state index contributed by atoms with van der Waals surface area (Å²) in [6.45, 7) is 4.18. The zero-order valence-corrected chi connectivity index (χ0v) is 9.67. The van der Waals surface area contributed by atoms with Gasteiger partial charge >= 0.3 is 0 Å². The molecule has 3 heteroatoms. The maximum atomic E-state index is 10.8. The standard InChI is InChI=1S/C12H23NO2/c1-10-3-2-4-12(14,7-10)11(8-13)5-6-15-9-11/h10,14H,2-9,13H2,1H3. The van der Waals surface area contributed by atoms with Gasteiger partial charge in [-0.15, -0.1) is 0 Å². The topological polar surface area (TPSA) is 55.5 Å². The minimum Gasteiger partial charge on any atom is -0.389 e. The molecule has 3 nitrogen and oxygen atoms in total. The smallest absolute Gasteiger partial charge is 0.0741 e. The van der Waals surface area contributed by atoms with E-state index < -0.39 is 5.60 Å². The van der Waals surface area contributed by atoms with Gasteiger partial charge in [0.05, 0.1) is 12.2 Å². The number of ether oxygens (including phenoxy) is 1. The number of aliphatic hydroxyl groups is 1. The Balaban J connectivity index is 2.17. The van der Waals surface area contributed by atoms with E-state index in [1.165, 1.54) is 6.42 Å². The van der Waals surface area contributed by atoms with Crippen LogP contribution in [-0.2, 0) is 4.74 Å². The summed E-state index contributed by atoms with van der Waals surface area (Å²) in [6, 6.07) is 0. The molecular weight excluding hydrogens is 190 g/mol. The van der Waals surface area contributed by atoms with Gasteiger partial charge in [0, 0.05) is 18.6 Å². The fraction of sp³-hybridized carbons (Fsp3) is 1.00. The highest BCUT2D eigenvalue weighted by Crippen LogP contribution is 2.48. The van der Waals surface area contributed by atoms with Crippen LogP contribution >= 0.6 is 0 Å². The normalized spacial score (nSPS) is 47.0. The Kier molecular flexibility index (Phi) is 3.06. The van der Waals surface area contributed by atoms with Crippen molar-refractivity contribution >= 4 is 0 Å². The maximum Gasteiger partial charge on any atom is 0.0741 e. The second-order valence-electron chi connectivity index (χ2n) is 5.52. The van der Waals surface area contributed by atoms with E-state index in [1.807, 2.05) is 0 Å². The predicted molar refractivity (Wildman–Crippen MR) is 59.5 cm³/mol. The molecule has 3 unspecified atom stereocenters. The summed E-state index contributed by atoms with van der Waals surface area (Å²) in [4.78, 5) is 0. The van der Waals surface area contributed by atoms with E-state index in [1.54, 1.807) is 0 Å². The summed E-state index contributed by atoms with van der Waals surface area (Å²) in [5, 5.41) is 10.8. The quantitative estimate of drug-likeness (QED) is 0.727. The molecule has 1 aliphatic heterocycles. The molecule has 88 valence electrons. The summed E-state index contributed by atoms with van der Waals surface area (Å²) >= 11 is 0. The number of hydrogen-bond acceptors (Lipinski definition) is 3. The van der Waals surface area contributed by atoms with Crippen LogP contribution < -0.4 is 5.73 Å². The van der Waals surface area contributed by atoms with Crippen molar-refractivity contribution < 1.29 is 9.84 Å². The first-order chi connectivity index (χ1) is 7.12. The number of rotatable bonds is 2. The minimum absolute atomic E-state index is 0.165. The van der Waals surface area contributed by atoms with Crippen molar-refractivity contribution in [1.29, 1.82) is 0 Å². The minimum atomic E-state index is -0.573. The molecule has 1 saturated heterocycles. The third-order valence-electron chi connectivity index (χ3n) is 4.45. The molecule has 1 saturated carbocycles. The van der Waals surface area contributed by atoms with Gasteiger partial charge < -0.3 is 15.6 Å². The highest BCUT2D eigenvalue weighted by atomic mass is 16.5. The highest BCUT2D eigenvalue weighted by Gasteiger charge is 2.52. The molecular formula is C12H23NO2. The van der Waals surface area contributed by atoms with Crippen molar-refractivity contribution in [3.63, 3.8) is 0 Å². The molecule has 3 atom stereocenters. The van der Waals surface area contributed by atoms with Crippen molar-refractivity contribution in [2.75, 3.05) is 19.8 Å². The van der Waals surface area contributed by atoms with Gasteiger partial charge in [0.1, 0.15) is 0 Å². The Bertz CT molecular complexity index is 226. The van der Waals surface area contributed by atoms with E-state index in [-0.39, 0.29) is 5.41 Å². The first kappa shape index (κ1) is 11.4. The third kappa shape index (κ3) is 1.81. The van der Waals surface area contributed by atoms with Gasteiger partial charge in [-0.2, -0.15) is 0 Å². The van der Waals surface area contributed by atoms with Crippen molar-refractivity contribution in [3.05, 3.63) is 0 Å². The Morgan fingerprint density at radius 1 is 1.47 bits per heavy atom. The van der Waals surface area contributed by atoms with E-state index in [2.05, 4.69) is 6.92 Å². The molecule has 3 N–H and O–H groups in total. The van der Waals surface area contributed by atoms with Crippen LogP contribution in [0, 0.1) is 11.3 Å². The van der Waals surface area contributed by atoms with Gasteiger partial charge in [-0.25, -0.2) is 0 Å². The first-order valence-corrected chi connectivity index (χ1v) is 6.12. The molecule has 1 aliphatic carbocycles. The maximum absolute atomic E-state index is 10.8. The van der Waals surface area contributed by atoms with Crippen LogP contribution in [0.2, 0.25) is 0 Å². The summed E-state index contributed by atoms with van der Waals surface area (Å²) in [5.74, 6) is 0.618. The third-order valence-corrected chi connectivity index (χ3v) is 4.45. The van der Waals surface area contributed by atoms with Gasteiger partial charge in [0.25, 0.3) is 0 Å². The lowest BCUT2D eigenvalue weighted by molar-refractivity contribution is -0.117. The van der Waals surface area contributed by atoms with Crippen LogP contribution in [0.1, 0.15) is 39.0 Å². The summed E-state index contributed by atoms with van der Waals surface area (Å²) in [7, 11) is 0. The average molecular weight is 213 g/mol. The SMILES string of the molecule is CC1CCCC(O)(C2(CN)CCOC2)C1. The lowest BCUT2D eigenvalue weighted by atomic mass is 9.62. The summed E-state index contributed by atoms with van der Waals surface area (Å²) < 4.78 is 5.47. The van der Waals surface area contributed by atoms with Crippen LogP contribution in [-0.4, -0.2) is 30.5 Å². The summed E-state index contributed by atoms with van der Waals surface area (Å²) in [6.07, 6.45) is 5.08. The van der Waals surface area contributed by atoms with Gasteiger partial charge in [-0.3, -0.25) is 0 Å². The summed E-state index contributed by atoms with van der Waals surface area (Å²) in [5.41, 5.74) is 5.15. The fourth-order valence-electron chi connectivity index (χ4n) is 3.33. The molecule has 2 fully saturated rings. The largest absolute Gasteiger partial charge is 0.389 e. The molecule has 0 spiro atoms. The molecule has 0 aromatic rings. The molecule has 0 aromatic carbocycles. The predicted octanol–water partition coefficient (Wildman–Crippen LogP) is 1.29. The van der Waals surface area contributed by atoms with Gasteiger partial charge in [0.15, 0.2) is 0 Å². The van der Waals surface area contributed by atoms with E-state index in [9.17, 15) is 5.11 Å². The molecule has 2 rings (SSSR count). The molecule has 2 aliphatic rings. The van der Waals surface area contributed by atoms with E-state index in [0.29, 0.717) is 19.1 Å². The van der Waals surface area contributed by atoms with Gasteiger partial charge in [-0.1, -0.05) is 19.8 Å². The van der Waals surface area contributed by atoms with Crippen molar-refractivity contribution in [3.8, 4) is 0 Å². The Morgan fingerprint density at radius 3 is 2.80 bits per heavy atom. The van der Waals surface area contributed by atoms with Crippen LogP contribution in [0.25, 0.3) is 0 Å². The molecule has 0 amide bonds. The Morgan fingerprint density at radius 2 is 2.27 bits per heavy atom. The lowest BCUT2D eigenvalue weighted by Gasteiger charge is -2.47. The lowest BCUT2D eigenvalue weighted by Crippen LogP contribution is -2.55. The van der Waals surface area contributed by atoms with Gasteiger partial charge in [0.2, 0.25) is 0 Å². The monoisotopic (exact) mass is 213 g/mol. The van der Waals surface area contributed by atoms with Crippen LogP contribution in [0.5, 0.6) is 0 Å². The number of nitrogens with two attached hydrogens (primary N) is 1. The van der Waals surface area contributed by atoms with Gasteiger partial charge in [-0.05, 0) is 25.2 Å². The molecule has 1 heterocycles. The zero-order chi connectivity index (χ0) is 10.9. The average Bonchev–Trinajstić information content (AvgIpc) is 2.67. The first-order valence-electron chi connectivity index (χ1n) is 6.12. The fourth-order valence-corrected chi connectivity index (χ4v) is 3.33. The second-order valence-corrected chi connectivity index (χ2v) is 5.52. The molecule has 0 radical (unpaired) electrons. The Labute approximate surface area is 92.0 Å². The molecule has 15 heavy (non-hydrogen) atoms. The highest BCUT2D eigenvalue weighted by molar-refractivity contribution is 5.03. The van der Waals surface area contributed by atoms with E-state index in [4.69, 9.17) is 10.5 Å². The molecule has 0 bridgehead atoms. The van der Waals surface area contributed by atoms with Crippen LogP contribution in [0.4, 0.5) is 0 Å². The van der Waals surface area contributed by atoms with E-state index in [0.717, 1.165) is 32.3 Å². The van der Waals surface area contributed by atoms with Crippen molar-refractivity contribution in [2.45, 2.75) is 44.6 Å². The van der Waals surface area contributed by atoms with Crippen LogP contribution in [0.3, 0.4) is 0 Å². The van der Waals surface area contributed by atoms with Crippen LogP contribution in [0.15, 0.2) is 0 Å². The van der Waals surface area contributed by atoms with Crippen molar-refractivity contribution in [2.24, 2.45) is 17.1 Å². The number of hydrogen-bond donors (Lipinski definition) is 2. The Hall–Kier alpha value is -0.120.